The van der Waals surface area contributed by atoms with Crippen LogP contribution in [0, 0.1) is 25.6 Å². The van der Waals surface area contributed by atoms with Crippen molar-refractivity contribution in [2.45, 2.75) is 12.0 Å². The van der Waals surface area contributed by atoms with Crippen molar-refractivity contribution >= 4 is 62.8 Å². The number of aromatic amines is 1. The summed E-state index contributed by atoms with van der Waals surface area (Å²) < 4.78 is 0. The number of fused-ring (bicyclic) bond motifs is 3. The molecule has 3 atom stereocenters. The third-order valence-electron chi connectivity index (χ3n) is 8.15. The van der Waals surface area contributed by atoms with Crippen molar-refractivity contribution in [3.63, 3.8) is 0 Å². The summed E-state index contributed by atoms with van der Waals surface area (Å²) in [5.41, 5.74) is -0.412. The Morgan fingerprint density at radius 1 is 0.864 bits per heavy atom. The van der Waals surface area contributed by atoms with Gasteiger partial charge in [-0.25, -0.2) is 4.79 Å². The molecule has 1 spiro atoms. The van der Waals surface area contributed by atoms with Crippen LogP contribution in [0.2, 0.25) is 10.0 Å². The number of H-pyrrole nitrogens is 1. The summed E-state index contributed by atoms with van der Waals surface area (Å²) in [6.07, 6.45) is 1.59. The van der Waals surface area contributed by atoms with Crippen molar-refractivity contribution in [3.05, 3.63) is 138 Å². The number of nitrogens with one attached hydrogen (secondary N) is 2. The molecule has 0 radical (unpaired) electrons. The average Bonchev–Trinajstić information content (AvgIpc) is 3.63. The highest BCUT2D eigenvalue weighted by Gasteiger charge is 2.66. The first-order valence-corrected chi connectivity index (χ1v) is 13.9. The predicted octanol–water partition coefficient (Wildman–Crippen LogP) is 6.93. The maximum absolute atomic E-state index is 14.5. The lowest BCUT2D eigenvalue weighted by molar-refractivity contribution is -0.386. The fraction of sp³-hybridized carbons (Fsp3) is 0.100. The minimum atomic E-state index is -1.93. The van der Waals surface area contributed by atoms with Gasteiger partial charge < -0.3 is 10.2 Å². The molecule has 218 valence electrons. The smallest absolute Gasteiger partial charge is 0.350 e. The van der Waals surface area contributed by atoms with Crippen LogP contribution in [0.15, 0.2) is 90.2 Å². The number of anilines is 1. The lowest BCUT2D eigenvalue weighted by Crippen LogP contribution is -2.52. The number of nitro groups is 2. The molecule has 0 amide bonds. The Balaban J connectivity index is 1.67. The second-order valence-corrected chi connectivity index (χ2v) is 11.2. The third-order valence-corrected chi connectivity index (χ3v) is 8.62. The second kappa shape index (κ2) is 10.1. The number of hydrogen-bond acceptors (Lipinski definition) is 9. The SMILES string of the molecule is O=C1ON=C(c2ccccc2)[C@@]12[C@@H](c1ccc(Cl)cc1[N+](=O)[O-])c1c(ccc3cn[nH]c13)N[C@H]2c1ccc(Cl)cc1[N+](=O)[O-]. The molecule has 2 aliphatic rings. The minimum Gasteiger partial charge on any atom is -0.376 e. The molecule has 3 heterocycles. The predicted molar refractivity (Wildman–Crippen MR) is 162 cm³/mol. The first kappa shape index (κ1) is 27.5. The Hall–Kier alpha value is -5.33. The van der Waals surface area contributed by atoms with Crippen molar-refractivity contribution in [1.82, 2.24) is 10.2 Å². The highest BCUT2D eigenvalue weighted by molar-refractivity contribution is 6.31. The number of nitrogens with zero attached hydrogens (tertiary/aromatic N) is 4. The van der Waals surface area contributed by atoms with Gasteiger partial charge in [-0.2, -0.15) is 5.10 Å². The molecule has 7 rings (SSSR count). The Morgan fingerprint density at radius 2 is 1.52 bits per heavy atom. The van der Waals surface area contributed by atoms with Gasteiger partial charge in [0.25, 0.3) is 11.4 Å². The van der Waals surface area contributed by atoms with Crippen LogP contribution in [-0.2, 0) is 9.63 Å². The summed E-state index contributed by atoms with van der Waals surface area (Å²) in [7, 11) is 0. The topological polar surface area (TPSA) is 166 Å². The fourth-order valence-electron chi connectivity index (χ4n) is 6.42. The molecule has 44 heavy (non-hydrogen) atoms. The number of nitro benzene ring substituents is 2. The van der Waals surface area contributed by atoms with E-state index < -0.39 is 33.2 Å². The van der Waals surface area contributed by atoms with E-state index in [-0.39, 0.29) is 38.3 Å². The Morgan fingerprint density at radius 3 is 2.20 bits per heavy atom. The zero-order valence-corrected chi connectivity index (χ0v) is 23.7. The van der Waals surface area contributed by atoms with Crippen molar-refractivity contribution in [1.29, 1.82) is 0 Å². The quantitative estimate of drug-likeness (QED) is 0.120. The van der Waals surface area contributed by atoms with Crippen LogP contribution in [0.4, 0.5) is 17.1 Å². The number of aromatic nitrogens is 2. The highest BCUT2D eigenvalue weighted by Crippen LogP contribution is 2.62. The van der Waals surface area contributed by atoms with Crippen LogP contribution in [0.1, 0.15) is 34.2 Å². The van der Waals surface area contributed by atoms with Crippen molar-refractivity contribution in [3.8, 4) is 0 Å². The van der Waals surface area contributed by atoms with Crippen LogP contribution in [0.5, 0.6) is 0 Å². The van der Waals surface area contributed by atoms with Crippen molar-refractivity contribution in [2.24, 2.45) is 10.6 Å². The highest BCUT2D eigenvalue weighted by atomic mass is 35.5. The first-order valence-electron chi connectivity index (χ1n) is 13.2. The normalized spacial score (nSPS) is 20.6. The molecule has 0 aliphatic carbocycles. The molecular formula is C30H18Cl2N6O6. The monoisotopic (exact) mass is 628 g/mol. The number of oxime groups is 1. The summed E-state index contributed by atoms with van der Waals surface area (Å²) in [6, 6.07) is 19.3. The van der Waals surface area contributed by atoms with Crippen LogP contribution in [0.25, 0.3) is 10.9 Å². The van der Waals surface area contributed by atoms with Gasteiger partial charge in [0.1, 0.15) is 5.71 Å². The molecule has 0 saturated carbocycles. The molecule has 2 N–H and O–H groups in total. The molecule has 0 unspecified atom stereocenters. The number of hydrogen-bond donors (Lipinski definition) is 2. The molecule has 0 bridgehead atoms. The second-order valence-electron chi connectivity index (χ2n) is 10.3. The van der Waals surface area contributed by atoms with Gasteiger partial charge in [0.15, 0.2) is 5.41 Å². The van der Waals surface area contributed by atoms with Gasteiger partial charge in [0, 0.05) is 55.9 Å². The van der Waals surface area contributed by atoms with Crippen LogP contribution < -0.4 is 5.32 Å². The zero-order chi connectivity index (χ0) is 30.7. The molecule has 0 saturated heterocycles. The molecule has 14 heteroatoms. The number of benzene rings is 4. The van der Waals surface area contributed by atoms with E-state index in [1.54, 1.807) is 48.7 Å². The summed E-state index contributed by atoms with van der Waals surface area (Å²) in [4.78, 5) is 43.8. The number of carbonyl (C=O) groups is 1. The average molecular weight is 629 g/mol. The third kappa shape index (κ3) is 3.95. The number of halogens is 2. The maximum atomic E-state index is 14.5. The van der Waals surface area contributed by atoms with Crippen molar-refractivity contribution in [2.75, 3.05) is 5.32 Å². The van der Waals surface area contributed by atoms with Crippen LogP contribution in [-0.4, -0.2) is 31.7 Å². The molecule has 0 fully saturated rings. The van der Waals surface area contributed by atoms with Gasteiger partial charge in [0.05, 0.1) is 33.2 Å². The van der Waals surface area contributed by atoms with E-state index in [9.17, 15) is 25.0 Å². The van der Waals surface area contributed by atoms with Gasteiger partial charge in [-0.15, -0.1) is 0 Å². The summed E-state index contributed by atoms with van der Waals surface area (Å²) >= 11 is 12.4. The summed E-state index contributed by atoms with van der Waals surface area (Å²) in [6.45, 7) is 0. The number of rotatable bonds is 5. The lowest BCUT2D eigenvalue weighted by atomic mass is 9.57. The van der Waals surface area contributed by atoms with E-state index in [1.165, 1.54) is 36.4 Å². The van der Waals surface area contributed by atoms with Gasteiger partial charge in [0.2, 0.25) is 0 Å². The zero-order valence-electron chi connectivity index (χ0n) is 22.2. The molecule has 12 nitrogen and oxygen atoms in total. The largest absolute Gasteiger partial charge is 0.376 e. The Labute approximate surface area is 257 Å². The van der Waals surface area contributed by atoms with E-state index in [1.807, 2.05) is 0 Å². The van der Waals surface area contributed by atoms with Gasteiger partial charge >= 0.3 is 5.97 Å². The molecule has 5 aromatic rings. The van der Waals surface area contributed by atoms with Gasteiger partial charge in [-0.1, -0.05) is 64.8 Å². The van der Waals surface area contributed by atoms with E-state index in [4.69, 9.17) is 28.0 Å². The first-order chi connectivity index (χ1) is 21.2. The fourth-order valence-corrected chi connectivity index (χ4v) is 6.75. The molecule has 4 aromatic carbocycles. The summed E-state index contributed by atoms with van der Waals surface area (Å²) in [5.74, 6) is -2.05. The van der Waals surface area contributed by atoms with Crippen molar-refractivity contribution < 1.29 is 19.5 Å². The molecule has 1 aromatic heterocycles. The number of carbonyl (C=O) groups excluding carboxylic acids is 1. The van der Waals surface area contributed by atoms with E-state index >= 15 is 0 Å². The molecule has 2 aliphatic heterocycles. The van der Waals surface area contributed by atoms with Crippen LogP contribution in [0.3, 0.4) is 0 Å². The van der Waals surface area contributed by atoms with Crippen LogP contribution >= 0.6 is 23.2 Å². The lowest BCUT2D eigenvalue weighted by Gasteiger charge is -2.46. The minimum absolute atomic E-state index is 0.0962. The molecular weight excluding hydrogens is 611 g/mol. The van der Waals surface area contributed by atoms with Gasteiger partial charge in [-0.05, 0) is 30.3 Å². The Bertz CT molecular complexity index is 2070. The Kier molecular flexibility index (Phi) is 6.34. The standard InChI is InChI=1S/C30H18Cl2N6O6/c31-17-7-9-19(22(12-17)37(40)41)25-24-21(11-6-16-14-33-35-26(16)24)34-28(20-10-8-18(32)13-23(20)38(42)43)30(25)27(36-44-29(30)39)15-4-2-1-3-5-15/h1-14,25,28,34H,(H,33,35)/t25-,28-,30+/m0/s1. The van der Waals surface area contributed by atoms with E-state index in [0.717, 1.165) is 0 Å². The van der Waals surface area contributed by atoms with E-state index in [2.05, 4.69) is 20.7 Å². The van der Waals surface area contributed by atoms with Gasteiger partial charge in [-0.3, -0.25) is 25.3 Å². The van der Waals surface area contributed by atoms with E-state index in [0.29, 0.717) is 27.7 Å². The summed E-state index contributed by atoms with van der Waals surface area (Å²) in [5, 5.41) is 40.7. The maximum Gasteiger partial charge on any atom is 0.350 e.